The molecule has 0 fully saturated rings. The molecule has 2 rings (SSSR count). The molecule has 0 radical (unpaired) electrons. The van der Waals surface area contributed by atoms with Gasteiger partial charge in [0.25, 0.3) is 0 Å². The van der Waals surface area contributed by atoms with E-state index < -0.39 is 11.7 Å². The first-order valence-electron chi connectivity index (χ1n) is 9.55. The van der Waals surface area contributed by atoms with Gasteiger partial charge in [-0.25, -0.2) is 4.98 Å². The predicted molar refractivity (Wildman–Crippen MR) is 106 cm³/mol. The largest absolute Gasteiger partial charge is 0.419 e. The van der Waals surface area contributed by atoms with Gasteiger partial charge in [0.15, 0.2) is 11.7 Å². The van der Waals surface area contributed by atoms with Gasteiger partial charge in [0, 0.05) is 38.3 Å². The van der Waals surface area contributed by atoms with Crippen LogP contribution in [-0.2, 0) is 12.7 Å². The Hall–Kier alpha value is -2.78. The Morgan fingerprint density at radius 1 is 1.21 bits per heavy atom. The summed E-state index contributed by atoms with van der Waals surface area (Å²) in [5.74, 6) is 1.38. The van der Waals surface area contributed by atoms with Gasteiger partial charge in [-0.05, 0) is 25.0 Å². The third-order valence-corrected chi connectivity index (χ3v) is 4.46. The molecule has 0 aliphatic heterocycles. The average Bonchev–Trinajstić information content (AvgIpc) is 3.16. The van der Waals surface area contributed by atoms with Crippen LogP contribution in [0.15, 0.2) is 33.9 Å². The fourth-order valence-corrected chi connectivity index (χ4v) is 2.84. The number of pyridine rings is 1. The number of anilines is 1. The highest BCUT2D eigenvalue weighted by molar-refractivity contribution is 5.79. The first kappa shape index (κ1) is 22.5. The lowest BCUT2D eigenvalue weighted by Crippen LogP contribution is -2.39. The van der Waals surface area contributed by atoms with Crippen LogP contribution in [0, 0.1) is 0 Å². The summed E-state index contributed by atoms with van der Waals surface area (Å²) in [7, 11) is 1.61. The SMILES string of the molecule is CCC(CC)c1cc(CNC(=NC)NCCNc2ncccc2C(F)(F)F)on1. The van der Waals surface area contributed by atoms with Gasteiger partial charge in [-0.3, -0.25) is 4.99 Å². The molecule has 7 nitrogen and oxygen atoms in total. The Labute approximate surface area is 168 Å². The van der Waals surface area contributed by atoms with Crippen molar-refractivity contribution in [2.45, 2.75) is 45.3 Å². The zero-order valence-electron chi connectivity index (χ0n) is 16.8. The predicted octanol–water partition coefficient (Wildman–Crippen LogP) is 3.77. The molecule has 2 aromatic heterocycles. The molecule has 0 aliphatic carbocycles. The van der Waals surface area contributed by atoms with E-state index in [0.29, 0.717) is 30.7 Å². The van der Waals surface area contributed by atoms with E-state index in [1.54, 1.807) is 7.05 Å². The first-order valence-corrected chi connectivity index (χ1v) is 9.55. The highest BCUT2D eigenvalue weighted by Crippen LogP contribution is 2.33. The normalized spacial score (nSPS) is 12.3. The topological polar surface area (TPSA) is 87.4 Å². The molecule has 3 N–H and O–H groups in total. The van der Waals surface area contributed by atoms with Crippen molar-refractivity contribution in [3.05, 3.63) is 41.4 Å². The summed E-state index contributed by atoms with van der Waals surface area (Å²) in [6.45, 7) is 5.22. The lowest BCUT2D eigenvalue weighted by Gasteiger charge is -2.14. The number of guanidine groups is 1. The lowest BCUT2D eigenvalue weighted by atomic mass is 9.99. The van der Waals surface area contributed by atoms with E-state index >= 15 is 0 Å². The highest BCUT2D eigenvalue weighted by Gasteiger charge is 2.33. The van der Waals surface area contributed by atoms with E-state index in [2.05, 4.69) is 44.9 Å². The van der Waals surface area contributed by atoms with E-state index in [1.807, 2.05) is 6.07 Å². The lowest BCUT2D eigenvalue weighted by molar-refractivity contribution is -0.137. The Balaban J connectivity index is 1.79. The van der Waals surface area contributed by atoms with E-state index in [4.69, 9.17) is 4.52 Å². The minimum absolute atomic E-state index is 0.194. The summed E-state index contributed by atoms with van der Waals surface area (Å²) in [6, 6.07) is 4.19. The monoisotopic (exact) mass is 412 g/mol. The minimum atomic E-state index is -4.45. The second-order valence-corrected chi connectivity index (χ2v) is 6.41. The molecule has 0 saturated heterocycles. The maximum atomic E-state index is 13.0. The Morgan fingerprint density at radius 2 is 1.97 bits per heavy atom. The van der Waals surface area contributed by atoms with E-state index in [9.17, 15) is 13.2 Å². The van der Waals surface area contributed by atoms with Crippen LogP contribution in [0.4, 0.5) is 19.0 Å². The van der Waals surface area contributed by atoms with Gasteiger partial charge in [0.2, 0.25) is 0 Å². The number of aliphatic imine (C=N–C) groups is 1. The zero-order valence-corrected chi connectivity index (χ0v) is 16.8. The number of hydrogen-bond donors (Lipinski definition) is 3. The smallest absolute Gasteiger partial charge is 0.368 e. The summed E-state index contributed by atoms with van der Waals surface area (Å²) in [4.78, 5) is 7.85. The van der Waals surface area contributed by atoms with E-state index in [1.165, 1.54) is 12.3 Å². The van der Waals surface area contributed by atoms with Gasteiger partial charge < -0.3 is 20.5 Å². The molecule has 0 aromatic carbocycles. The Morgan fingerprint density at radius 3 is 2.62 bits per heavy atom. The van der Waals surface area contributed by atoms with Crippen LogP contribution in [0.3, 0.4) is 0 Å². The first-order chi connectivity index (χ1) is 13.9. The molecule has 0 spiro atoms. The molecule has 0 unspecified atom stereocenters. The molecular formula is C19H27F3N6O. The van der Waals surface area contributed by atoms with Crippen molar-refractivity contribution in [1.82, 2.24) is 20.8 Å². The number of rotatable bonds is 9. The Bertz CT molecular complexity index is 786. The van der Waals surface area contributed by atoms with Gasteiger partial charge in [-0.15, -0.1) is 0 Å². The van der Waals surface area contributed by atoms with Crippen molar-refractivity contribution < 1.29 is 17.7 Å². The van der Waals surface area contributed by atoms with Crippen molar-refractivity contribution in [2.75, 3.05) is 25.5 Å². The molecule has 29 heavy (non-hydrogen) atoms. The van der Waals surface area contributed by atoms with Crippen molar-refractivity contribution >= 4 is 11.8 Å². The van der Waals surface area contributed by atoms with Crippen LogP contribution in [0.25, 0.3) is 0 Å². The van der Waals surface area contributed by atoms with Crippen LogP contribution in [0.2, 0.25) is 0 Å². The van der Waals surface area contributed by atoms with Crippen molar-refractivity contribution in [1.29, 1.82) is 0 Å². The fraction of sp³-hybridized carbons (Fsp3) is 0.526. The second kappa shape index (κ2) is 10.7. The summed E-state index contributed by atoms with van der Waals surface area (Å²) in [5, 5.41) is 12.9. The maximum absolute atomic E-state index is 13.0. The van der Waals surface area contributed by atoms with Gasteiger partial charge in [-0.1, -0.05) is 19.0 Å². The molecule has 0 atom stereocenters. The van der Waals surface area contributed by atoms with E-state index in [-0.39, 0.29) is 12.4 Å². The van der Waals surface area contributed by atoms with Gasteiger partial charge >= 0.3 is 6.18 Å². The molecule has 160 valence electrons. The van der Waals surface area contributed by atoms with Gasteiger partial charge in [0.1, 0.15) is 5.82 Å². The van der Waals surface area contributed by atoms with Crippen LogP contribution in [-0.4, -0.2) is 36.2 Å². The minimum Gasteiger partial charge on any atom is -0.368 e. The second-order valence-electron chi connectivity index (χ2n) is 6.41. The Kier molecular flexibility index (Phi) is 8.29. The highest BCUT2D eigenvalue weighted by atomic mass is 19.4. The standard InChI is InChI=1S/C19H27F3N6O/c1-4-13(5-2)16-11-14(29-28-16)12-27-18(23-3)26-10-9-25-17-15(19(20,21)22)7-6-8-24-17/h6-8,11,13H,4-5,9-10,12H2,1-3H3,(H,24,25)(H2,23,26,27). The van der Waals surface area contributed by atoms with Crippen molar-refractivity contribution in [3.63, 3.8) is 0 Å². The zero-order chi connectivity index (χ0) is 21.3. The number of nitrogens with zero attached hydrogens (tertiary/aromatic N) is 3. The molecule has 2 aromatic rings. The molecular weight excluding hydrogens is 385 g/mol. The van der Waals surface area contributed by atoms with Gasteiger partial charge in [-0.2, -0.15) is 13.2 Å². The number of nitrogens with one attached hydrogen (secondary N) is 3. The van der Waals surface area contributed by atoms with E-state index in [0.717, 1.165) is 24.6 Å². The number of halogens is 3. The quantitative estimate of drug-likeness (QED) is 0.330. The van der Waals surface area contributed by atoms with Crippen molar-refractivity contribution in [3.8, 4) is 0 Å². The maximum Gasteiger partial charge on any atom is 0.419 e. The molecule has 0 aliphatic rings. The summed E-state index contributed by atoms with van der Waals surface area (Å²) < 4.78 is 44.2. The number of hydrogen-bond acceptors (Lipinski definition) is 5. The average molecular weight is 412 g/mol. The third-order valence-electron chi connectivity index (χ3n) is 4.46. The number of alkyl halides is 3. The van der Waals surface area contributed by atoms with Crippen LogP contribution >= 0.6 is 0 Å². The van der Waals surface area contributed by atoms with Crippen LogP contribution in [0.5, 0.6) is 0 Å². The molecule has 0 bridgehead atoms. The molecule has 2 heterocycles. The van der Waals surface area contributed by atoms with Crippen LogP contribution in [0.1, 0.15) is 49.6 Å². The third kappa shape index (κ3) is 6.65. The van der Waals surface area contributed by atoms with Crippen LogP contribution < -0.4 is 16.0 Å². The molecule has 10 heteroatoms. The summed E-state index contributed by atoms with van der Waals surface area (Å²) in [6.07, 6.45) is -1.14. The summed E-state index contributed by atoms with van der Waals surface area (Å²) in [5.41, 5.74) is 0.149. The summed E-state index contributed by atoms with van der Waals surface area (Å²) >= 11 is 0. The number of aromatic nitrogens is 2. The van der Waals surface area contributed by atoms with Crippen molar-refractivity contribution in [2.24, 2.45) is 4.99 Å². The fourth-order valence-electron chi connectivity index (χ4n) is 2.84. The molecule has 0 saturated carbocycles. The molecule has 0 amide bonds. The van der Waals surface area contributed by atoms with Gasteiger partial charge in [0.05, 0.1) is 17.8 Å².